The second-order valence-electron chi connectivity index (χ2n) is 2.24. The quantitative estimate of drug-likeness (QED) is 0.530. The zero-order valence-electron chi connectivity index (χ0n) is 6.44. The molecule has 2 nitrogen and oxygen atoms in total. The number of carbonyl (C=O) groups is 1. The van der Waals surface area contributed by atoms with Crippen molar-refractivity contribution in [1.29, 1.82) is 0 Å². The van der Waals surface area contributed by atoms with Crippen molar-refractivity contribution in [1.82, 2.24) is 0 Å². The second-order valence-corrected chi connectivity index (χ2v) is 2.46. The molecule has 0 saturated carbocycles. The van der Waals surface area contributed by atoms with Gasteiger partial charge in [0.25, 0.3) is 0 Å². The summed E-state index contributed by atoms with van der Waals surface area (Å²) in [5.74, 6) is 0. The lowest BCUT2D eigenvalue weighted by molar-refractivity contribution is -0.117. The minimum absolute atomic E-state index is 0.0261. The van der Waals surface area contributed by atoms with E-state index in [9.17, 15) is 4.79 Å². The van der Waals surface area contributed by atoms with E-state index < -0.39 is 6.10 Å². The molecule has 0 bridgehead atoms. The summed E-state index contributed by atoms with van der Waals surface area (Å²) in [6.07, 6.45) is 0.196. The van der Waals surface area contributed by atoms with Crippen molar-refractivity contribution in [2.75, 3.05) is 6.07 Å². The van der Waals surface area contributed by atoms with E-state index in [-0.39, 0.29) is 6.07 Å². The van der Waals surface area contributed by atoms with Crippen molar-refractivity contribution in [3.05, 3.63) is 35.9 Å². The molecule has 64 valence electrons. The fraction of sp³-hybridized carbons (Fsp3) is 0.222. The third kappa shape index (κ3) is 2.32. The normalized spacial score (nSPS) is 12.4. The lowest BCUT2D eigenvalue weighted by Gasteiger charge is -2.08. The molecule has 0 spiro atoms. The average molecular weight is 185 g/mol. The Morgan fingerprint density at radius 1 is 1.42 bits per heavy atom. The van der Waals surface area contributed by atoms with Gasteiger partial charge in [0.05, 0.1) is 0 Å². The van der Waals surface area contributed by atoms with Crippen LogP contribution in [-0.2, 0) is 9.53 Å². The molecule has 0 N–H and O–H groups in total. The van der Waals surface area contributed by atoms with E-state index in [0.29, 0.717) is 0 Å². The minimum Gasteiger partial charge on any atom is -0.350 e. The maximum atomic E-state index is 10.5. The Morgan fingerprint density at radius 2 is 2.08 bits per heavy atom. The number of alkyl halides is 1. The van der Waals surface area contributed by atoms with Gasteiger partial charge in [0.15, 0.2) is 6.29 Å². The summed E-state index contributed by atoms with van der Waals surface area (Å²) in [6.45, 7) is 0. The van der Waals surface area contributed by atoms with Crippen LogP contribution in [-0.4, -0.2) is 12.4 Å². The Morgan fingerprint density at radius 3 is 2.58 bits per heavy atom. The van der Waals surface area contributed by atoms with E-state index in [2.05, 4.69) is 0 Å². The summed E-state index contributed by atoms with van der Waals surface area (Å²) < 4.78 is 4.97. The molecule has 1 unspecified atom stereocenters. The van der Waals surface area contributed by atoms with Crippen molar-refractivity contribution in [2.24, 2.45) is 0 Å². The molecule has 0 aliphatic rings. The molecule has 12 heavy (non-hydrogen) atoms. The van der Waals surface area contributed by atoms with Crippen LogP contribution < -0.4 is 0 Å². The molecule has 0 aromatic heterocycles. The van der Waals surface area contributed by atoms with Gasteiger partial charge in [-0.05, 0) is 5.56 Å². The van der Waals surface area contributed by atoms with E-state index in [1.165, 1.54) is 0 Å². The third-order valence-electron chi connectivity index (χ3n) is 1.49. The molecular formula is C9H9ClO2. The highest BCUT2D eigenvalue weighted by atomic mass is 35.5. The summed E-state index contributed by atoms with van der Waals surface area (Å²) in [5, 5.41) is 0. The van der Waals surface area contributed by atoms with Crippen molar-refractivity contribution in [3.8, 4) is 0 Å². The lowest BCUT2D eigenvalue weighted by atomic mass is 10.1. The highest BCUT2D eigenvalue weighted by molar-refractivity contribution is 6.17. The molecule has 0 radical (unpaired) electrons. The first-order valence-corrected chi connectivity index (χ1v) is 4.09. The van der Waals surface area contributed by atoms with Gasteiger partial charge >= 0.3 is 0 Å². The smallest absolute Gasteiger partial charge is 0.153 e. The topological polar surface area (TPSA) is 26.3 Å². The first-order chi connectivity index (χ1) is 5.88. The standard InChI is InChI=1S/C9H9ClO2/c10-7-12-9(6-11)8-4-2-1-3-5-8/h1-6,9H,7H2. The lowest BCUT2D eigenvalue weighted by Crippen LogP contribution is -2.03. The fourth-order valence-electron chi connectivity index (χ4n) is 0.925. The second kappa shape index (κ2) is 4.91. The van der Waals surface area contributed by atoms with Crippen LogP contribution in [0.4, 0.5) is 0 Å². The van der Waals surface area contributed by atoms with Gasteiger partial charge < -0.3 is 9.53 Å². The van der Waals surface area contributed by atoms with E-state index in [1.54, 1.807) is 0 Å². The van der Waals surface area contributed by atoms with E-state index in [0.717, 1.165) is 11.8 Å². The number of aldehydes is 1. The van der Waals surface area contributed by atoms with Gasteiger partial charge in [-0.25, -0.2) is 0 Å². The number of rotatable bonds is 4. The molecule has 0 fully saturated rings. The molecule has 1 aromatic rings. The number of ether oxygens (including phenoxy) is 1. The Kier molecular flexibility index (Phi) is 3.77. The summed E-state index contributed by atoms with van der Waals surface area (Å²) in [5.41, 5.74) is 0.827. The molecule has 1 rings (SSSR count). The molecule has 0 amide bonds. The first kappa shape index (κ1) is 9.23. The van der Waals surface area contributed by atoms with Gasteiger partial charge in [-0.1, -0.05) is 41.9 Å². The Hall–Kier alpha value is -0.860. The number of hydrogen-bond acceptors (Lipinski definition) is 2. The Bertz CT molecular complexity index is 236. The Balaban J connectivity index is 2.73. The molecule has 0 aliphatic heterocycles. The molecule has 0 aliphatic carbocycles. The predicted molar refractivity (Wildman–Crippen MR) is 47.1 cm³/mol. The molecule has 1 aromatic carbocycles. The molecule has 0 saturated heterocycles. The summed E-state index contributed by atoms with van der Waals surface area (Å²) in [7, 11) is 0. The predicted octanol–water partition coefficient (Wildman–Crippen LogP) is 2.14. The van der Waals surface area contributed by atoms with E-state index in [4.69, 9.17) is 16.3 Å². The SMILES string of the molecule is O=CC(OCCl)c1ccccc1. The Labute approximate surface area is 76.1 Å². The summed E-state index contributed by atoms with van der Waals surface area (Å²) >= 11 is 5.34. The van der Waals surface area contributed by atoms with Gasteiger partial charge in [0.1, 0.15) is 12.2 Å². The van der Waals surface area contributed by atoms with Crippen LogP contribution in [0.15, 0.2) is 30.3 Å². The summed E-state index contributed by atoms with van der Waals surface area (Å²) in [4.78, 5) is 10.5. The van der Waals surface area contributed by atoms with Crippen LogP contribution in [0, 0.1) is 0 Å². The monoisotopic (exact) mass is 184 g/mol. The molecular weight excluding hydrogens is 176 g/mol. The van der Waals surface area contributed by atoms with Crippen LogP contribution in [0.1, 0.15) is 11.7 Å². The molecule has 0 heterocycles. The maximum Gasteiger partial charge on any atom is 0.153 e. The summed E-state index contributed by atoms with van der Waals surface area (Å²) in [6, 6.07) is 9.26. The minimum atomic E-state index is -0.538. The molecule has 1 atom stereocenters. The average Bonchev–Trinajstić information content (AvgIpc) is 2.15. The number of hydrogen-bond donors (Lipinski definition) is 0. The highest BCUT2D eigenvalue weighted by Crippen LogP contribution is 2.14. The fourth-order valence-corrected chi connectivity index (χ4v) is 1.06. The number of halogens is 1. The zero-order valence-corrected chi connectivity index (χ0v) is 7.20. The van der Waals surface area contributed by atoms with Crippen LogP contribution in [0.25, 0.3) is 0 Å². The van der Waals surface area contributed by atoms with Crippen molar-refractivity contribution in [3.63, 3.8) is 0 Å². The van der Waals surface area contributed by atoms with Gasteiger partial charge in [-0.2, -0.15) is 0 Å². The maximum absolute atomic E-state index is 10.5. The largest absolute Gasteiger partial charge is 0.350 e. The molecule has 3 heteroatoms. The van der Waals surface area contributed by atoms with E-state index in [1.807, 2.05) is 30.3 Å². The van der Waals surface area contributed by atoms with Gasteiger partial charge in [-0.15, -0.1) is 0 Å². The van der Waals surface area contributed by atoms with Gasteiger partial charge in [-0.3, -0.25) is 0 Å². The number of benzene rings is 1. The van der Waals surface area contributed by atoms with E-state index >= 15 is 0 Å². The first-order valence-electron chi connectivity index (χ1n) is 3.56. The van der Waals surface area contributed by atoms with Crippen LogP contribution in [0.3, 0.4) is 0 Å². The van der Waals surface area contributed by atoms with Crippen LogP contribution >= 0.6 is 11.6 Å². The van der Waals surface area contributed by atoms with Crippen molar-refractivity contribution < 1.29 is 9.53 Å². The van der Waals surface area contributed by atoms with Gasteiger partial charge in [0, 0.05) is 0 Å². The van der Waals surface area contributed by atoms with Gasteiger partial charge in [0.2, 0.25) is 0 Å². The zero-order chi connectivity index (χ0) is 8.81. The van der Waals surface area contributed by atoms with Crippen molar-refractivity contribution in [2.45, 2.75) is 6.10 Å². The van der Waals surface area contributed by atoms with Crippen molar-refractivity contribution >= 4 is 17.9 Å². The van der Waals surface area contributed by atoms with Crippen LogP contribution in [0.5, 0.6) is 0 Å². The number of carbonyl (C=O) groups excluding carboxylic acids is 1. The highest BCUT2D eigenvalue weighted by Gasteiger charge is 2.08. The van der Waals surface area contributed by atoms with Crippen LogP contribution in [0.2, 0.25) is 0 Å². The third-order valence-corrected chi connectivity index (χ3v) is 1.62.